The van der Waals surface area contributed by atoms with Gasteiger partial charge in [0.1, 0.15) is 0 Å². The van der Waals surface area contributed by atoms with Crippen LogP contribution in [0.1, 0.15) is 0 Å². The number of halogens is 9. The smallest absolute Gasteiger partial charge is 0.473 e. The van der Waals surface area contributed by atoms with Gasteiger partial charge in [0.05, 0.1) is 6.43 Å². The van der Waals surface area contributed by atoms with Crippen molar-refractivity contribution in [3.05, 3.63) is 6.43 Å². The Kier molecular flexibility index (Phi) is 14.6. The maximum atomic E-state index is 11.6. The van der Waals surface area contributed by atoms with Gasteiger partial charge in [-0.25, -0.2) is 18.4 Å². The predicted molar refractivity (Wildman–Crippen MR) is 49.1 cm³/mol. The molecule has 5 N–H and O–H groups in total. The van der Waals surface area contributed by atoms with Crippen molar-refractivity contribution in [1.82, 2.24) is 0 Å². The summed E-state index contributed by atoms with van der Waals surface area (Å²) in [6.45, 7) is 0. The van der Waals surface area contributed by atoms with Crippen LogP contribution in [0.15, 0.2) is 0 Å². The largest absolute Gasteiger partial charge is 1.00 e. The SMILES string of the molecule is F[C-](F)C(F)(F)C(F)(F)C(F)(F)F.O=C(O)C(=O)O.OB(O)O.[Li+]. The molecule has 18 heteroatoms. The Morgan fingerprint density at radius 3 is 1.04 bits per heavy atom. The van der Waals surface area contributed by atoms with Crippen molar-refractivity contribution in [2.45, 2.75) is 18.0 Å². The first-order valence-electron chi connectivity index (χ1n) is 4.33. The second-order valence-electron chi connectivity index (χ2n) is 2.86. The van der Waals surface area contributed by atoms with Crippen LogP contribution in [-0.4, -0.2) is 62.6 Å². The topological polar surface area (TPSA) is 135 Å². The number of carboxylic acid groups (broad SMARTS) is 2. The molecule has 0 aromatic rings. The van der Waals surface area contributed by atoms with E-state index < -0.39 is 43.7 Å². The van der Waals surface area contributed by atoms with Gasteiger partial charge in [0.25, 0.3) is 5.92 Å². The average Bonchev–Trinajstić information content (AvgIpc) is 2.26. The summed E-state index contributed by atoms with van der Waals surface area (Å²) in [5, 5.41) is 36.3. The van der Waals surface area contributed by atoms with Crippen molar-refractivity contribution < 1.29 is 93.2 Å². The molecule has 0 rings (SSSR count). The number of rotatable bonds is 2. The minimum Gasteiger partial charge on any atom is -0.473 e. The van der Waals surface area contributed by atoms with E-state index in [0.29, 0.717) is 0 Å². The van der Waals surface area contributed by atoms with Gasteiger partial charge in [-0.05, 0) is 0 Å². The fraction of sp³-hybridized carbons (Fsp3) is 0.500. The molecule has 0 aromatic carbocycles. The Hall–Kier alpha value is -1.15. The third-order valence-electron chi connectivity index (χ3n) is 1.17. The van der Waals surface area contributed by atoms with Crippen LogP contribution in [0.5, 0.6) is 0 Å². The summed E-state index contributed by atoms with van der Waals surface area (Å²) >= 11 is 0. The molecule has 0 fully saturated rings. The van der Waals surface area contributed by atoms with Crippen LogP contribution in [0.4, 0.5) is 39.5 Å². The Bertz CT molecular complexity index is 374. The second kappa shape index (κ2) is 11.4. The van der Waals surface area contributed by atoms with Gasteiger partial charge >= 0.3 is 50.2 Å². The fourth-order valence-electron chi connectivity index (χ4n) is 0.297. The monoisotopic (exact) mass is 378 g/mol. The van der Waals surface area contributed by atoms with Crippen LogP contribution in [-0.2, 0) is 9.59 Å². The summed E-state index contributed by atoms with van der Waals surface area (Å²) in [6.07, 6.45) is -11.0. The summed E-state index contributed by atoms with van der Waals surface area (Å²) in [4.78, 5) is 18.2. The molecule has 0 aliphatic heterocycles. The molecule has 138 valence electrons. The molecule has 0 heterocycles. The molecule has 0 saturated heterocycles. The normalized spacial score (nSPS) is 11.2. The van der Waals surface area contributed by atoms with Gasteiger partial charge in [-0.3, -0.25) is 0 Å². The Balaban J connectivity index is -0.000000152. The first-order chi connectivity index (χ1) is 9.82. The average molecular weight is 378 g/mol. The molecule has 0 aliphatic carbocycles. The van der Waals surface area contributed by atoms with E-state index in [0.717, 1.165) is 0 Å². The molecule has 0 aliphatic rings. The van der Waals surface area contributed by atoms with E-state index in [-0.39, 0.29) is 18.9 Å². The number of carboxylic acids is 2. The second-order valence-corrected chi connectivity index (χ2v) is 2.86. The standard InChI is InChI=1S/C4F9.C2H2O4.BH3O3.Li/c5-1(6)2(7,8)3(9,10)4(11,12)13;3-1(4)2(5)6;2-1(3)4;/h;(H,3,4)(H,5,6);2-4H;/q-1;;;+1. The Labute approximate surface area is 138 Å². The van der Waals surface area contributed by atoms with Crippen molar-refractivity contribution >= 4 is 19.3 Å². The summed E-state index contributed by atoms with van der Waals surface area (Å²) < 4.78 is 102. The van der Waals surface area contributed by atoms with Crippen LogP contribution in [0.3, 0.4) is 0 Å². The summed E-state index contributed by atoms with van der Waals surface area (Å²) in [5.74, 6) is -16.9. The zero-order valence-corrected chi connectivity index (χ0v) is 11.0. The van der Waals surface area contributed by atoms with Gasteiger partial charge < -0.3 is 34.1 Å². The molecule has 0 radical (unpaired) electrons. The first-order valence-corrected chi connectivity index (χ1v) is 4.33. The summed E-state index contributed by atoms with van der Waals surface area (Å²) in [6, 6.07) is 0. The molecule has 24 heavy (non-hydrogen) atoms. The Morgan fingerprint density at radius 1 is 0.792 bits per heavy atom. The molecule has 0 amide bonds. The van der Waals surface area contributed by atoms with E-state index in [9.17, 15) is 39.5 Å². The maximum absolute atomic E-state index is 11.6. The third-order valence-corrected chi connectivity index (χ3v) is 1.17. The van der Waals surface area contributed by atoms with Gasteiger partial charge in [0.15, 0.2) is 0 Å². The molecule has 0 spiro atoms. The van der Waals surface area contributed by atoms with E-state index in [1.165, 1.54) is 0 Å². The molecule has 0 aromatic heterocycles. The molecule has 0 saturated carbocycles. The van der Waals surface area contributed by atoms with Crippen LogP contribution in [0.2, 0.25) is 0 Å². The minimum atomic E-state index is -6.77. The fourth-order valence-corrected chi connectivity index (χ4v) is 0.297. The van der Waals surface area contributed by atoms with Gasteiger partial charge in [-0.2, -0.15) is 22.0 Å². The number of hydrogen-bond acceptors (Lipinski definition) is 5. The first kappa shape index (κ1) is 30.7. The van der Waals surface area contributed by atoms with E-state index >= 15 is 0 Å². The van der Waals surface area contributed by atoms with Crippen LogP contribution < -0.4 is 18.9 Å². The van der Waals surface area contributed by atoms with E-state index in [2.05, 4.69) is 0 Å². The van der Waals surface area contributed by atoms with Crippen LogP contribution in [0.25, 0.3) is 0 Å². The molecule has 7 nitrogen and oxygen atoms in total. The zero-order chi connectivity index (χ0) is 19.8. The van der Waals surface area contributed by atoms with Crippen molar-refractivity contribution in [1.29, 1.82) is 0 Å². The van der Waals surface area contributed by atoms with E-state index in [1.807, 2.05) is 0 Å². The molecule has 0 atom stereocenters. The predicted octanol–water partition coefficient (Wildman–Crippen LogP) is -2.64. The quantitative estimate of drug-likeness (QED) is 0.153. The van der Waals surface area contributed by atoms with E-state index in [4.69, 9.17) is 34.9 Å². The van der Waals surface area contributed by atoms with Gasteiger partial charge in [0.2, 0.25) is 0 Å². The van der Waals surface area contributed by atoms with Crippen molar-refractivity contribution in [3.63, 3.8) is 0 Å². The van der Waals surface area contributed by atoms with E-state index in [1.54, 1.807) is 0 Å². The number of carbonyl (C=O) groups is 2. The molecule has 0 bridgehead atoms. The minimum absolute atomic E-state index is 0. The number of aliphatic carboxylic acids is 2. The van der Waals surface area contributed by atoms with Crippen LogP contribution in [0, 0.1) is 6.43 Å². The Morgan fingerprint density at radius 2 is 1.00 bits per heavy atom. The summed E-state index contributed by atoms with van der Waals surface area (Å²) in [5.41, 5.74) is 0. The third kappa shape index (κ3) is 11.4. The summed E-state index contributed by atoms with van der Waals surface area (Å²) in [7, 11) is -2.17. The number of hydrogen-bond donors (Lipinski definition) is 5. The van der Waals surface area contributed by atoms with Crippen molar-refractivity contribution in [3.8, 4) is 0 Å². The molecular formula is C6H5BF9LiO7. The van der Waals surface area contributed by atoms with Gasteiger partial charge in [-0.1, -0.05) is 0 Å². The molecule has 0 unspecified atom stereocenters. The van der Waals surface area contributed by atoms with Crippen molar-refractivity contribution in [2.75, 3.05) is 0 Å². The van der Waals surface area contributed by atoms with Crippen molar-refractivity contribution in [2.24, 2.45) is 0 Å². The zero-order valence-electron chi connectivity index (χ0n) is 11.0. The number of alkyl halides is 7. The van der Waals surface area contributed by atoms with Crippen LogP contribution >= 0.6 is 0 Å². The van der Waals surface area contributed by atoms with Gasteiger partial charge in [0, 0.05) is 0 Å². The molecular weight excluding hydrogens is 373 g/mol. The van der Waals surface area contributed by atoms with Gasteiger partial charge in [-0.15, -0.1) is 0 Å². The maximum Gasteiger partial charge on any atom is 1.00 e.